The van der Waals surface area contributed by atoms with Crippen molar-refractivity contribution >= 4 is 0 Å². The Labute approximate surface area is 108 Å². The van der Waals surface area contributed by atoms with Crippen LogP contribution in [0.1, 0.15) is 0 Å². The van der Waals surface area contributed by atoms with Gasteiger partial charge in [0.15, 0.2) is 0 Å². The largest absolute Gasteiger partial charge is 0.462 e. The predicted octanol–water partition coefficient (Wildman–Crippen LogP) is -0.996. The molecule has 1 fully saturated rings. The van der Waals surface area contributed by atoms with Gasteiger partial charge < -0.3 is 29.9 Å². The number of ether oxygens (including phenoxy) is 2. The quantitative estimate of drug-likeness (QED) is 0.564. The van der Waals surface area contributed by atoms with Gasteiger partial charge in [-0.05, 0) is 24.3 Å². The first-order valence-electron chi connectivity index (χ1n) is 5.75. The third-order valence-corrected chi connectivity index (χ3v) is 2.91. The van der Waals surface area contributed by atoms with Crippen LogP contribution < -0.4 is 4.74 Å². The molecule has 1 aliphatic heterocycles. The van der Waals surface area contributed by atoms with Gasteiger partial charge >= 0.3 is 0 Å². The molecule has 5 atom stereocenters. The van der Waals surface area contributed by atoms with Gasteiger partial charge in [0.25, 0.3) is 0 Å². The van der Waals surface area contributed by atoms with Crippen LogP contribution in [0, 0.1) is 5.82 Å². The molecular formula is C12H15FO6. The van der Waals surface area contributed by atoms with Gasteiger partial charge in [-0.1, -0.05) is 0 Å². The van der Waals surface area contributed by atoms with Crippen molar-refractivity contribution < 1.29 is 34.3 Å². The molecule has 0 saturated carbocycles. The van der Waals surface area contributed by atoms with Crippen LogP contribution in [-0.2, 0) is 4.74 Å². The van der Waals surface area contributed by atoms with E-state index in [1.54, 1.807) is 0 Å². The second kappa shape index (κ2) is 5.81. The van der Waals surface area contributed by atoms with Crippen LogP contribution in [-0.4, -0.2) is 57.7 Å². The SMILES string of the molecule is OC[C@H]1O[C@H](Oc2ccc(F)cc2)[C@H](O)[C@@H](O)[C@@H]1O. The highest BCUT2D eigenvalue weighted by atomic mass is 19.1. The highest BCUT2D eigenvalue weighted by molar-refractivity contribution is 5.22. The summed E-state index contributed by atoms with van der Waals surface area (Å²) in [6.07, 6.45) is -6.72. The normalized spacial score (nSPS) is 35.1. The van der Waals surface area contributed by atoms with Gasteiger partial charge in [-0.15, -0.1) is 0 Å². The van der Waals surface area contributed by atoms with Crippen LogP contribution in [0.4, 0.5) is 4.39 Å². The number of halogens is 1. The summed E-state index contributed by atoms with van der Waals surface area (Å²) in [5, 5.41) is 37.9. The average molecular weight is 274 g/mol. The lowest BCUT2D eigenvalue weighted by molar-refractivity contribution is -0.277. The van der Waals surface area contributed by atoms with Gasteiger partial charge in [-0.3, -0.25) is 0 Å². The lowest BCUT2D eigenvalue weighted by Crippen LogP contribution is -2.60. The second-order valence-corrected chi connectivity index (χ2v) is 4.27. The van der Waals surface area contributed by atoms with E-state index < -0.39 is 43.1 Å². The molecule has 0 unspecified atom stereocenters. The molecule has 4 N–H and O–H groups in total. The number of rotatable bonds is 3. The molecule has 106 valence electrons. The summed E-state index contributed by atoms with van der Waals surface area (Å²) in [6, 6.07) is 4.99. The summed E-state index contributed by atoms with van der Waals surface area (Å²) in [4.78, 5) is 0. The lowest BCUT2D eigenvalue weighted by atomic mass is 9.99. The fourth-order valence-electron chi connectivity index (χ4n) is 1.81. The molecule has 0 aliphatic carbocycles. The third-order valence-electron chi connectivity index (χ3n) is 2.91. The van der Waals surface area contributed by atoms with Crippen LogP contribution in [0.25, 0.3) is 0 Å². The van der Waals surface area contributed by atoms with Crippen LogP contribution in [0.5, 0.6) is 5.75 Å². The van der Waals surface area contributed by atoms with Crippen LogP contribution in [0.15, 0.2) is 24.3 Å². The molecule has 0 radical (unpaired) electrons. The Balaban J connectivity index is 2.08. The van der Waals surface area contributed by atoms with Crippen molar-refractivity contribution in [2.75, 3.05) is 6.61 Å². The Hall–Kier alpha value is -1.25. The molecule has 0 amide bonds. The zero-order chi connectivity index (χ0) is 14.0. The number of aliphatic hydroxyl groups is 4. The lowest BCUT2D eigenvalue weighted by Gasteiger charge is -2.39. The highest BCUT2D eigenvalue weighted by Crippen LogP contribution is 2.24. The smallest absolute Gasteiger partial charge is 0.229 e. The molecule has 1 aromatic carbocycles. The number of aliphatic hydroxyl groups excluding tert-OH is 4. The summed E-state index contributed by atoms with van der Waals surface area (Å²) in [5.41, 5.74) is 0. The molecule has 7 heteroatoms. The fourth-order valence-corrected chi connectivity index (χ4v) is 1.81. The minimum absolute atomic E-state index is 0.228. The molecule has 6 nitrogen and oxygen atoms in total. The van der Waals surface area contributed by atoms with Gasteiger partial charge in [0.1, 0.15) is 36.0 Å². The topological polar surface area (TPSA) is 99.4 Å². The Bertz CT molecular complexity index is 409. The molecule has 1 aromatic rings. The summed E-state index contributed by atoms with van der Waals surface area (Å²) in [7, 11) is 0. The Morgan fingerprint density at radius 1 is 1.05 bits per heavy atom. The van der Waals surface area contributed by atoms with Gasteiger partial charge in [0, 0.05) is 0 Å². The van der Waals surface area contributed by atoms with Gasteiger partial charge in [0.2, 0.25) is 6.29 Å². The number of benzene rings is 1. The molecule has 0 spiro atoms. The summed E-state index contributed by atoms with van der Waals surface area (Å²) in [5.74, 6) is -0.216. The predicted molar refractivity (Wildman–Crippen MR) is 60.8 cm³/mol. The summed E-state index contributed by atoms with van der Waals surface area (Å²) >= 11 is 0. The summed E-state index contributed by atoms with van der Waals surface area (Å²) in [6.45, 7) is -0.534. The van der Waals surface area contributed by atoms with E-state index in [1.807, 2.05) is 0 Å². The Morgan fingerprint density at radius 2 is 1.68 bits per heavy atom. The number of hydrogen-bond donors (Lipinski definition) is 4. The van der Waals surface area contributed by atoms with Crippen molar-refractivity contribution in [1.82, 2.24) is 0 Å². The molecule has 0 aromatic heterocycles. The molecule has 2 rings (SSSR count). The molecule has 1 saturated heterocycles. The van der Waals surface area contributed by atoms with E-state index in [0.717, 1.165) is 0 Å². The van der Waals surface area contributed by atoms with Crippen molar-refractivity contribution in [3.8, 4) is 5.75 Å². The van der Waals surface area contributed by atoms with Crippen molar-refractivity contribution in [3.63, 3.8) is 0 Å². The molecule has 0 bridgehead atoms. The Kier molecular flexibility index (Phi) is 4.33. The van der Waals surface area contributed by atoms with Crippen LogP contribution in [0.3, 0.4) is 0 Å². The van der Waals surface area contributed by atoms with E-state index in [1.165, 1.54) is 24.3 Å². The van der Waals surface area contributed by atoms with Crippen molar-refractivity contribution in [2.24, 2.45) is 0 Å². The second-order valence-electron chi connectivity index (χ2n) is 4.27. The number of hydrogen-bond acceptors (Lipinski definition) is 6. The van der Waals surface area contributed by atoms with Crippen molar-refractivity contribution in [2.45, 2.75) is 30.7 Å². The van der Waals surface area contributed by atoms with Gasteiger partial charge in [-0.2, -0.15) is 0 Å². The van der Waals surface area contributed by atoms with Gasteiger partial charge in [0.05, 0.1) is 6.61 Å². The highest BCUT2D eigenvalue weighted by Gasteiger charge is 2.44. The maximum Gasteiger partial charge on any atom is 0.229 e. The van der Waals surface area contributed by atoms with Crippen molar-refractivity contribution in [3.05, 3.63) is 30.1 Å². The molecular weight excluding hydrogens is 259 g/mol. The maximum atomic E-state index is 12.7. The zero-order valence-corrected chi connectivity index (χ0v) is 9.89. The maximum absolute atomic E-state index is 12.7. The standard InChI is InChI=1S/C12H15FO6/c13-6-1-3-7(4-2-6)18-12-11(17)10(16)9(15)8(5-14)19-12/h1-4,8-12,14-17H,5H2/t8-,9-,10+,11-,12+/m1/s1. The monoisotopic (exact) mass is 274 g/mol. The zero-order valence-electron chi connectivity index (χ0n) is 9.89. The van der Waals surface area contributed by atoms with Crippen LogP contribution >= 0.6 is 0 Å². The van der Waals surface area contributed by atoms with E-state index in [4.69, 9.17) is 14.6 Å². The minimum atomic E-state index is -1.50. The van der Waals surface area contributed by atoms with E-state index in [-0.39, 0.29) is 5.75 Å². The van der Waals surface area contributed by atoms with E-state index in [0.29, 0.717) is 0 Å². The molecule has 1 aliphatic rings. The van der Waals surface area contributed by atoms with E-state index in [2.05, 4.69) is 0 Å². The van der Waals surface area contributed by atoms with Crippen molar-refractivity contribution in [1.29, 1.82) is 0 Å². The first-order chi connectivity index (χ1) is 9.02. The van der Waals surface area contributed by atoms with Gasteiger partial charge in [-0.25, -0.2) is 4.39 Å². The average Bonchev–Trinajstić information content (AvgIpc) is 2.42. The molecule has 1 heterocycles. The first kappa shape index (κ1) is 14.2. The first-order valence-corrected chi connectivity index (χ1v) is 5.75. The van der Waals surface area contributed by atoms with E-state index >= 15 is 0 Å². The fraction of sp³-hybridized carbons (Fsp3) is 0.500. The molecule has 19 heavy (non-hydrogen) atoms. The third kappa shape index (κ3) is 3.02. The van der Waals surface area contributed by atoms with Crippen LogP contribution in [0.2, 0.25) is 0 Å². The minimum Gasteiger partial charge on any atom is -0.462 e. The Morgan fingerprint density at radius 3 is 2.26 bits per heavy atom. The van der Waals surface area contributed by atoms with E-state index in [9.17, 15) is 19.7 Å². The summed E-state index contributed by atoms with van der Waals surface area (Å²) < 4.78 is 23.1.